The van der Waals surface area contributed by atoms with E-state index in [9.17, 15) is 0 Å². The fraction of sp³-hybridized carbons (Fsp3) is 0.545. The Labute approximate surface area is 104 Å². The van der Waals surface area contributed by atoms with Crippen molar-refractivity contribution >= 4 is 27.3 Å². The highest BCUT2D eigenvalue weighted by molar-refractivity contribution is 9.10. The van der Waals surface area contributed by atoms with Crippen LogP contribution in [0.1, 0.15) is 26.7 Å². The maximum atomic E-state index is 9.05. The summed E-state index contributed by atoms with van der Waals surface area (Å²) in [5, 5.41) is 12.4. The van der Waals surface area contributed by atoms with Gasteiger partial charge in [0.25, 0.3) is 0 Å². The first-order valence-corrected chi connectivity index (χ1v) is 6.09. The highest BCUT2D eigenvalue weighted by atomic mass is 79.9. The number of anilines is 2. The minimum absolute atomic E-state index is 0.153. The third-order valence-electron chi connectivity index (χ3n) is 2.80. The van der Waals surface area contributed by atoms with Crippen molar-refractivity contribution in [1.29, 1.82) is 0 Å². The van der Waals surface area contributed by atoms with E-state index in [2.05, 4.69) is 40.1 Å². The van der Waals surface area contributed by atoms with Gasteiger partial charge in [0.15, 0.2) is 0 Å². The van der Waals surface area contributed by atoms with Crippen LogP contribution in [0.5, 0.6) is 0 Å². The Morgan fingerprint density at radius 1 is 1.56 bits per heavy atom. The van der Waals surface area contributed by atoms with Gasteiger partial charge in [-0.3, -0.25) is 4.98 Å². The van der Waals surface area contributed by atoms with Crippen molar-refractivity contribution in [3.8, 4) is 0 Å². The van der Waals surface area contributed by atoms with Crippen LogP contribution in [0.2, 0.25) is 0 Å². The minimum Gasteiger partial charge on any atom is -0.396 e. The summed E-state index contributed by atoms with van der Waals surface area (Å²) in [4.78, 5) is 3.99. The molecule has 4 N–H and O–H groups in total. The van der Waals surface area contributed by atoms with E-state index in [1.54, 1.807) is 12.4 Å². The molecule has 0 aliphatic rings. The lowest BCUT2D eigenvalue weighted by Crippen LogP contribution is -2.35. The number of nitrogen functional groups attached to an aromatic ring is 1. The smallest absolute Gasteiger partial charge is 0.0754 e. The molecule has 0 bridgehead atoms. The van der Waals surface area contributed by atoms with Crippen molar-refractivity contribution < 1.29 is 5.11 Å². The molecule has 0 radical (unpaired) electrons. The lowest BCUT2D eigenvalue weighted by molar-refractivity contribution is 0.252. The molecule has 90 valence electrons. The molecule has 5 heteroatoms. The average molecular weight is 288 g/mol. The van der Waals surface area contributed by atoms with Gasteiger partial charge in [-0.1, -0.05) is 6.92 Å². The number of pyridine rings is 1. The summed E-state index contributed by atoms with van der Waals surface area (Å²) >= 11 is 3.41. The zero-order chi connectivity index (χ0) is 12.2. The Morgan fingerprint density at radius 3 is 2.75 bits per heavy atom. The number of nitrogens with two attached hydrogens (primary N) is 1. The summed E-state index contributed by atoms with van der Waals surface area (Å²) in [5.74, 6) is 0. The number of halogens is 1. The van der Waals surface area contributed by atoms with E-state index in [0.29, 0.717) is 12.1 Å². The summed E-state index contributed by atoms with van der Waals surface area (Å²) in [6.07, 6.45) is 4.90. The van der Waals surface area contributed by atoms with Gasteiger partial charge in [0.2, 0.25) is 0 Å². The predicted octanol–water partition coefficient (Wildman–Crippen LogP) is 2.39. The van der Waals surface area contributed by atoms with Crippen LogP contribution in [0.3, 0.4) is 0 Å². The van der Waals surface area contributed by atoms with E-state index in [1.165, 1.54) is 0 Å². The van der Waals surface area contributed by atoms with Crippen LogP contribution >= 0.6 is 15.9 Å². The molecule has 1 aromatic rings. The molecule has 0 fully saturated rings. The van der Waals surface area contributed by atoms with Crippen molar-refractivity contribution in [3.63, 3.8) is 0 Å². The van der Waals surface area contributed by atoms with Gasteiger partial charge in [-0.2, -0.15) is 0 Å². The maximum absolute atomic E-state index is 9.05. The largest absolute Gasteiger partial charge is 0.396 e. The van der Waals surface area contributed by atoms with E-state index in [-0.39, 0.29) is 12.1 Å². The second-order valence-electron chi connectivity index (χ2n) is 4.10. The van der Waals surface area contributed by atoms with Crippen molar-refractivity contribution in [1.82, 2.24) is 4.98 Å². The molecule has 0 saturated heterocycles. The third-order valence-corrected chi connectivity index (χ3v) is 3.40. The molecule has 16 heavy (non-hydrogen) atoms. The standard InChI is InChI=1S/C11H18BrN3O/c1-3-11(2,4-5-16)15-10-8(12)6-14-7-9(10)13/h6-7,16H,3-5,13H2,1-2H3,(H,14,15). The summed E-state index contributed by atoms with van der Waals surface area (Å²) in [6, 6.07) is 0. The van der Waals surface area contributed by atoms with E-state index in [4.69, 9.17) is 10.8 Å². The van der Waals surface area contributed by atoms with Crippen molar-refractivity contribution in [3.05, 3.63) is 16.9 Å². The van der Waals surface area contributed by atoms with Crippen LogP contribution < -0.4 is 11.1 Å². The van der Waals surface area contributed by atoms with E-state index in [1.807, 2.05) is 0 Å². The average Bonchev–Trinajstić information content (AvgIpc) is 2.24. The zero-order valence-corrected chi connectivity index (χ0v) is 11.2. The van der Waals surface area contributed by atoms with Crippen LogP contribution in [-0.4, -0.2) is 22.2 Å². The second-order valence-corrected chi connectivity index (χ2v) is 4.95. The lowest BCUT2D eigenvalue weighted by Gasteiger charge is -2.31. The first kappa shape index (κ1) is 13.3. The molecule has 0 aliphatic carbocycles. The number of nitrogens with zero attached hydrogens (tertiary/aromatic N) is 1. The molecule has 1 heterocycles. The van der Waals surface area contributed by atoms with Gasteiger partial charge in [0.1, 0.15) is 0 Å². The molecule has 1 unspecified atom stereocenters. The summed E-state index contributed by atoms with van der Waals surface area (Å²) < 4.78 is 0.838. The minimum atomic E-state index is -0.160. The van der Waals surface area contributed by atoms with Gasteiger partial charge in [-0.15, -0.1) is 0 Å². The van der Waals surface area contributed by atoms with Gasteiger partial charge < -0.3 is 16.2 Å². The van der Waals surface area contributed by atoms with Gasteiger partial charge in [-0.05, 0) is 35.7 Å². The highest BCUT2D eigenvalue weighted by Crippen LogP contribution is 2.31. The summed E-state index contributed by atoms with van der Waals surface area (Å²) in [7, 11) is 0. The van der Waals surface area contributed by atoms with Gasteiger partial charge in [0, 0.05) is 18.3 Å². The Balaban J connectivity index is 2.94. The number of rotatable bonds is 5. The lowest BCUT2D eigenvalue weighted by atomic mass is 9.94. The fourth-order valence-electron chi connectivity index (χ4n) is 1.46. The Bertz CT molecular complexity index is 339. The van der Waals surface area contributed by atoms with Gasteiger partial charge >= 0.3 is 0 Å². The molecule has 1 atom stereocenters. The van der Waals surface area contributed by atoms with Crippen molar-refractivity contribution in [2.24, 2.45) is 0 Å². The van der Waals surface area contributed by atoms with Crippen LogP contribution in [0.15, 0.2) is 16.9 Å². The predicted molar refractivity (Wildman–Crippen MR) is 70.4 cm³/mol. The molecule has 1 aromatic heterocycles. The summed E-state index contributed by atoms with van der Waals surface area (Å²) in [5.41, 5.74) is 7.15. The molecule has 4 nitrogen and oxygen atoms in total. The number of hydrogen-bond donors (Lipinski definition) is 3. The molecule has 1 rings (SSSR count). The fourth-order valence-corrected chi connectivity index (χ4v) is 1.90. The molecule has 0 spiro atoms. The zero-order valence-electron chi connectivity index (χ0n) is 9.63. The number of aromatic nitrogens is 1. The Morgan fingerprint density at radius 2 is 2.25 bits per heavy atom. The van der Waals surface area contributed by atoms with Crippen molar-refractivity contribution in [2.75, 3.05) is 17.7 Å². The monoisotopic (exact) mass is 287 g/mol. The van der Waals surface area contributed by atoms with Gasteiger partial charge in [-0.25, -0.2) is 0 Å². The van der Waals surface area contributed by atoms with Crippen LogP contribution in [0, 0.1) is 0 Å². The normalized spacial score (nSPS) is 14.5. The molecule has 0 aromatic carbocycles. The van der Waals surface area contributed by atoms with Gasteiger partial charge in [0.05, 0.1) is 22.0 Å². The van der Waals surface area contributed by atoms with Crippen LogP contribution in [0.4, 0.5) is 11.4 Å². The van der Waals surface area contributed by atoms with E-state index in [0.717, 1.165) is 16.6 Å². The number of hydrogen-bond acceptors (Lipinski definition) is 4. The first-order chi connectivity index (χ1) is 7.52. The molecular formula is C11H18BrN3O. The number of aliphatic hydroxyl groups is 1. The molecule has 0 amide bonds. The maximum Gasteiger partial charge on any atom is 0.0754 e. The molecular weight excluding hydrogens is 270 g/mol. The van der Waals surface area contributed by atoms with Crippen molar-refractivity contribution in [2.45, 2.75) is 32.2 Å². The Hall–Kier alpha value is -0.810. The van der Waals surface area contributed by atoms with Crippen LogP contribution in [0.25, 0.3) is 0 Å². The first-order valence-electron chi connectivity index (χ1n) is 5.30. The third kappa shape index (κ3) is 3.09. The SMILES string of the molecule is CCC(C)(CCO)Nc1c(N)cncc1Br. The van der Waals surface area contributed by atoms with Crippen LogP contribution in [-0.2, 0) is 0 Å². The topological polar surface area (TPSA) is 71.2 Å². The quantitative estimate of drug-likeness (QED) is 0.778. The number of aliphatic hydroxyl groups excluding tert-OH is 1. The number of nitrogens with one attached hydrogen (secondary N) is 1. The summed E-state index contributed by atoms with van der Waals surface area (Å²) in [6.45, 7) is 4.30. The van der Waals surface area contributed by atoms with E-state index >= 15 is 0 Å². The van der Waals surface area contributed by atoms with E-state index < -0.39 is 0 Å². The second kappa shape index (κ2) is 5.50. The highest BCUT2D eigenvalue weighted by Gasteiger charge is 2.22. The molecule has 0 saturated carbocycles. The Kier molecular flexibility index (Phi) is 4.56. The molecule has 0 aliphatic heterocycles.